The summed E-state index contributed by atoms with van der Waals surface area (Å²) in [6.07, 6.45) is 8.76. The van der Waals surface area contributed by atoms with Crippen LogP contribution in [0.25, 0.3) is 10.9 Å². The lowest BCUT2D eigenvalue weighted by atomic mass is 9.83. The van der Waals surface area contributed by atoms with Crippen molar-refractivity contribution in [2.45, 2.75) is 62.3 Å². The number of hydrogen-bond donors (Lipinski definition) is 1. The highest BCUT2D eigenvalue weighted by molar-refractivity contribution is 7.89. The molecule has 7 heteroatoms. The Morgan fingerprint density at radius 2 is 1.76 bits per heavy atom. The molecule has 1 aromatic carbocycles. The van der Waals surface area contributed by atoms with Crippen molar-refractivity contribution in [3.8, 4) is 0 Å². The molecule has 2 aliphatic rings. The maximum Gasteiger partial charge on any atom is 0.245 e. The number of amides is 1. The summed E-state index contributed by atoms with van der Waals surface area (Å²) in [5, 5.41) is 3.86. The van der Waals surface area contributed by atoms with Gasteiger partial charge in [0.2, 0.25) is 15.9 Å². The van der Waals surface area contributed by atoms with Gasteiger partial charge in [-0.2, -0.15) is 4.31 Å². The lowest BCUT2D eigenvalue weighted by molar-refractivity contribution is -0.127. The van der Waals surface area contributed by atoms with Gasteiger partial charge in [0.05, 0.1) is 11.4 Å². The molecule has 1 N–H and O–H groups in total. The average Bonchev–Trinajstić information content (AvgIpc) is 2.78. The summed E-state index contributed by atoms with van der Waals surface area (Å²) < 4.78 is 29.4. The molecule has 6 nitrogen and oxygen atoms in total. The normalized spacial score (nSPS) is 25.0. The Morgan fingerprint density at radius 1 is 0.966 bits per heavy atom. The van der Waals surface area contributed by atoms with Crippen molar-refractivity contribution in [1.29, 1.82) is 0 Å². The molecule has 2 atom stereocenters. The predicted octanol–water partition coefficient (Wildman–Crippen LogP) is 3.47. The zero-order valence-electron chi connectivity index (χ0n) is 16.7. The molecule has 1 aliphatic carbocycles. The fourth-order valence-electron chi connectivity index (χ4n) is 4.73. The third kappa shape index (κ3) is 4.16. The van der Waals surface area contributed by atoms with Gasteiger partial charge >= 0.3 is 0 Å². The van der Waals surface area contributed by atoms with Crippen molar-refractivity contribution in [2.24, 2.45) is 5.92 Å². The molecule has 1 saturated carbocycles. The Morgan fingerprint density at radius 3 is 2.66 bits per heavy atom. The number of pyridine rings is 1. The van der Waals surface area contributed by atoms with E-state index in [0.29, 0.717) is 18.6 Å². The molecule has 0 bridgehead atoms. The molecule has 29 heavy (non-hydrogen) atoms. The van der Waals surface area contributed by atoms with Gasteiger partial charge in [0.15, 0.2) is 0 Å². The van der Waals surface area contributed by atoms with Gasteiger partial charge in [-0.15, -0.1) is 0 Å². The van der Waals surface area contributed by atoms with E-state index in [4.69, 9.17) is 0 Å². The van der Waals surface area contributed by atoms with Gasteiger partial charge in [-0.3, -0.25) is 9.78 Å². The lowest BCUT2D eigenvalue weighted by Gasteiger charge is -2.38. The van der Waals surface area contributed by atoms with E-state index in [1.165, 1.54) is 0 Å². The lowest BCUT2D eigenvalue weighted by Crippen LogP contribution is -2.51. The third-order valence-corrected chi connectivity index (χ3v) is 8.18. The predicted molar refractivity (Wildman–Crippen MR) is 113 cm³/mol. The molecule has 1 saturated heterocycles. The summed E-state index contributed by atoms with van der Waals surface area (Å²) in [7, 11) is -3.77. The van der Waals surface area contributed by atoms with Gasteiger partial charge in [0.1, 0.15) is 4.90 Å². The highest BCUT2D eigenvalue weighted by atomic mass is 32.2. The van der Waals surface area contributed by atoms with Crippen LogP contribution in [-0.4, -0.2) is 42.7 Å². The highest BCUT2D eigenvalue weighted by Gasteiger charge is 2.41. The first-order valence-electron chi connectivity index (χ1n) is 10.7. The molecule has 156 valence electrons. The number of hydrogen-bond acceptors (Lipinski definition) is 4. The number of sulfonamides is 1. The molecule has 1 aromatic heterocycles. The minimum absolute atomic E-state index is 0.00726. The van der Waals surface area contributed by atoms with Crippen molar-refractivity contribution in [3.63, 3.8) is 0 Å². The van der Waals surface area contributed by atoms with Gasteiger partial charge in [-0.05, 0) is 37.8 Å². The monoisotopic (exact) mass is 415 g/mol. The molecule has 2 heterocycles. The van der Waals surface area contributed by atoms with Crippen molar-refractivity contribution in [1.82, 2.24) is 14.6 Å². The molecule has 0 radical (unpaired) electrons. The minimum Gasteiger partial charge on any atom is -0.356 e. The fourth-order valence-corrected chi connectivity index (χ4v) is 6.62. The number of fused-ring (bicyclic) bond motifs is 2. The number of carbonyl (C=O) groups excluding carboxylic acids is 1. The largest absolute Gasteiger partial charge is 0.356 e. The van der Waals surface area contributed by atoms with Gasteiger partial charge in [-0.1, -0.05) is 43.9 Å². The fraction of sp³-hybridized carbons (Fsp3) is 0.545. The van der Waals surface area contributed by atoms with Crippen LogP contribution in [0, 0.1) is 5.92 Å². The third-order valence-electron chi connectivity index (χ3n) is 6.22. The minimum atomic E-state index is -3.77. The Labute approximate surface area is 172 Å². The second kappa shape index (κ2) is 8.79. The van der Waals surface area contributed by atoms with E-state index in [0.717, 1.165) is 56.8 Å². The summed E-state index contributed by atoms with van der Waals surface area (Å²) in [6.45, 7) is 1.14. The number of nitrogens with zero attached hydrogens (tertiary/aromatic N) is 2. The SMILES string of the molecule is O=C1NCCCCCCN(S(=O)(=O)c2cccc3cccnc23)C2CCCCC12. The van der Waals surface area contributed by atoms with Crippen LogP contribution in [0.3, 0.4) is 0 Å². The van der Waals surface area contributed by atoms with Crippen molar-refractivity contribution >= 4 is 26.8 Å². The van der Waals surface area contributed by atoms with E-state index >= 15 is 0 Å². The summed E-state index contributed by atoms with van der Waals surface area (Å²) in [4.78, 5) is 17.5. The first kappa shape index (κ1) is 20.3. The Hall–Kier alpha value is -1.99. The van der Waals surface area contributed by atoms with E-state index < -0.39 is 10.0 Å². The molecule has 4 rings (SSSR count). The smallest absolute Gasteiger partial charge is 0.245 e. The summed E-state index contributed by atoms with van der Waals surface area (Å²) in [5.41, 5.74) is 0.501. The van der Waals surface area contributed by atoms with Crippen LogP contribution in [0.5, 0.6) is 0 Å². The topological polar surface area (TPSA) is 79.4 Å². The second-order valence-electron chi connectivity index (χ2n) is 8.11. The highest BCUT2D eigenvalue weighted by Crippen LogP contribution is 2.34. The van der Waals surface area contributed by atoms with Crippen LogP contribution < -0.4 is 5.32 Å². The number of rotatable bonds is 2. The molecule has 0 spiro atoms. The average molecular weight is 416 g/mol. The number of carbonyl (C=O) groups is 1. The zero-order chi connectivity index (χ0) is 20.3. The quantitative estimate of drug-likeness (QED) is 0.814. The van der Waals surface area contributed by atoms with Crippen LogP contribution in [0.4, 0.5) is 0 Å². The first-order chi connectivity index (χ1) is 14.1. The maximum absolute atomic E-state index is 13.9. The van der Waals surface area contributed by atoms with Crippen LogP contribution >= 0.6 is 0 Å². The Kier molecular flexibility index (Phi) is 6.15. The van der Waals surface area contributed by atoms with E-state index in [1.54, 1.807) is 22.6 Å². The number of nitrogens with one attached hydrogen (secondary N) is 1. The first-order valence-corrected chi connectivity index (χ1v) is 12.2. The van der Waals surface area contributed by atoms with Crippen LogP contribution in [0.15, 0.2) is 41.4 Å². The number of aromatic nitrogens is 1. The molecule has 1 amide bonds. The van der Waals surface area contributed by atoms with E-state index in [9.17, 15) is 13.2 Å². The van der Waals surface area contributed by atoms with Gasteiger partial charge < -0.3 is 5.32 Å². The Balaban J connectivity index is 1.78. The molecule has 1 aliphatic heterocycles. The number of benzene rings is 1. The summed E-state index contributed by atoms with van der Waals surface area (Å²) in [5.74, 6) is -0.271. The molecular formula is C22H29N3O3S. The summed E-state index contributed by atoms with van der Waals surface area (Å²) in [6, 6.07) is 8.71. The number of para-hydroxylation sites is 1. The van der Waals surface area contributed by atoms with Crippen LogP contribution in [0.2, 0.25) is 0 Å². The molecule has 2 aromatic rings. The van der Waals surface area contributed by atoms with Crippen LogP contribution in [0.1, 0.15) is 51.4 Å². The summed E-state index contributed by atoms with van der Waals surface area (Å²) >= 11 is 0. The second-order valence-corrected chi connectivity index (χ2v) is 9.97. The molecule has 2 fully saturated rings. The van der Waals surface area contributed by atoms with E-state index in [1.807, 2.05) is 18.2 Å². The van der Waals surface area contributed by atoms with Crippen molar-refractivity contribution in [3.05, 3.63) is 36.5 Å². The van der Waals surface area contributed by atoms with Crippen molar-refractivity contribution < 1.29 is 13.2 Å². The molecule has 2 unspecified atom stereocenters. The Bertz CT molecular complexity index is 971. The van der Waals surface area contributed by atoms with Gasteiger partial charge in [-0.25, -0.2) is 8.42 Å². The van der Waals surface area contributed by atoms with Gasteiger partial charge in [0.25, 0.3) is 0 Å². The van der Waals surface area contributed by atoms with E-state index in [-0.39, 0.29) is 22.8 Å². The standard InChI is InChI=1S/C22H29N3O3S/c26-22-18-11-3-4-12-19(18)25(16-6-2-1-5-14-24-22)29(27,28)20-13-7-9-17-10-8-15-23-21(17)20/h7-10,13,15,18-19H,1-6,11-12,14,16H2,(H,24,26). The van der Waals surface area contributed by atoms with E-state index in [2.05, 4.69) is 10.3 Å². The van der Waals surface area contributed by atoms with Crippen molar-refractivity contribution in [2.75, 3.05) is 13.1 Å². The zero-order valence-corrected chi connectivity index (χ0v) is 17.5. The van der Waals surface area contributed by atoms with Crippen LogP contribution in [-0.2, 0) is 14.8 Å². The van der Waals surface area contributed by atoms with Gasteiger partial charge in [0, 0.05) is 30.7 Å². The maximum atomic E-state index is 13.9. The molecular weight excluding hydrogens is 386 g/mol.